The zero-order valence-electron chi connectivity index (χ0n) is 7.39. The Morgan fingerprint density at radius 2 is 2.45 bits per heavy atom. The Kier molecular flexibility index (Phi) is 2.65. The van der Waals surface area contributed by atoms with Gasteiger partial charge in [0.15, 0.2) is 0 Å². The van der Waals surface area contributed by atoms with Crippen LogP contribution in [0.2, 0.25) is 0 Å². The van der Waals surface area contributed by atoms with Crippen LogP contribution in [0.1, 0.15) is 13.8 Å². The van der Waals surface area contributed by atoms with E-state index in [-0.39, 0.29) is 0 Å². The van der Waals surface area contributed by atoms with Crippen molar-refractivity contribution < 1.29 is 0 Å². The fourth-order valence-corrected chi connectivity index (χ4v) is 0.835. The van der Waals surface area contributed by atoms with E-state index in [1.165, 1.54) is 11.3 Å². The van der Waals surface area contributed by atoms with Crippen molar-refractivity contribution in [3.8, 4) is 0 Å². The van der Waals surface area contributed by atoms with Gasteiger partial charge in [0.05, 0.1) is 6.54 Å². The highest BCUT2D eigenvalue weighted by Crippen LogP contribution is 2.06. The molecule has 0 bridgehead atoms. The molecule has 0 aromatic heterocycles. The lowest BCUT2D eigenvalue weighted by molar-refractivity contribution is 0.279. The molecule has 0 fully saturated rings. The van der Waals surface area contributed by atoms with Gasteiger partial charge in [0, 0.05) is 31.1 Å². The maximum absolute atomic E-state index is 4.01. The van der Waals surface area contributed by atoms with Gasteiger partial charge < -0.3 is 5.43 Å². The molecule has 11 heavy (non-hydrogen) atoms. The summed E-state index contributed by atoms with van der Waals surface area (Å²) >= 11 is 0. The Morgan fingerprint density at radius 3 is 2.82 bits per heavy atom. The minimum Gasteiger partial charge on any atom is -0.323 e. The molecule has 0 aromatic carbocycles. The van der Waals surface area contributed by atoms with E-state index in [0.717, 1.165) is 13.1 Å². The Hall–Kier alpha value is -0.830. The summed E-state index contributed by atoms with van der Waals surface area (Å²) in [6.07, 6.45) is 1.91. The number of hydrogen-bond donors (Lipinski definition) is 1. The summed E-state index contributed by atoms with van der Waals surface area (Å²) in [5, 5.41) is 2.05. The summed E-state index contributed by atoms with van der Waals surface area (Å²) in [7, 11) is 2.03. The van der Waals surface area contributed by atoms with Gasteiger partial charge in [-0.1, -0.05) is 6.92 Å². The standard InChI is InChI=1S/C8H15N3/c1-4-11(3)10-7(2)8-5-9-6-8/h5,10H,4,6H2,1-3H3. The van der Waals surface area contributed by atoms with E-state index in [4.69, 9.17) is 0 Å². The van der Waals surface area contributed by atoms with Gasteiger partial charge in [-0.2, -0.15) is 0 Å². The van der Waals surface area contributed by atoms with Gasteiger partial charge in [0.1, 0.15) is 0 Å². The van der Waals surface area contributed by atoms with Gasteiger partial charge >= 0.3 is 0 Å². The number of hydrazine groups is 1. The van der Waals surface area contributed by atoms with E-state index >= 15 is 0 Å². The number of nitrogens with zero attached hydrogens (tertiary/aromatic N) is 2. The molecule has 0 unspecified atom stereocenters. The Bertz CT molecular complexity index is 194. The molecule has 0 saturated heterocycles. The molecule has 0 aliphatic carbocycles. The zero-order chi connectivity index (χ0) is 8.27. The largest absolute Gasteiger partial charge is 0.323 e. The normalized spacial score (nSPS) is 20.0. The van der Waals surface area contributed by atoms with Crippen LogP contribution in [0.25, 0.3) is 0 Å². The van der Waals surface area contributed by atoms with Crippen molar-refractivity contribution >= 4 is 6.21 Å². The average Bonchev–Trinajstić information content (AvgIpc) is 1.83. The molecule has 3 nitrogen and oxygen atoms in total. The monoisotopic (exact) mass is 153 g/mol. The van der Waals surface area contributed by atoms with Gasteiger partial charge in [0.25, 0.3) is 0 Å². The number of aliphatic imine (C=N–C) groups is 1. The van der Waals surface area contributed by atoms with E-state index < -0.39 is 0 Å². The van der Waals surface area contributed by atoms with Crippen molar-refractivity contribution in [3.63, 3.8) is 0 Å². The highest BCUT2D eigenvalue weighted by Gasteiger charge is 2.05. The summed E-state index contributed by atoms with van der Waals surface area (Å²) in [5.74, 6) is 0. The van der Waals surface area contributed by atoms with Crippen LogP contribution in [0, 0.1) is 0 Å². The van der Waals surface area contributed by atoms with E-state index in [2.05, 4.69) is 29.3 Å². The van der Waals surface area contributed by atoms with Crippen LogP contribution in [-0.2, 0) is 0 Å². The number of allylic oxidation sites excluding steroid dienone is 1. The summed E-state index contributed by atoms with van der Waals surface area (Å²) in [6, 6.07) is 0. The number of rotatable bonds is 3. The predicted molar refractivity (Wildman–Crippen MR) is 47.5 cm³/mol. The van der Waals surface area contributed by atoms with Crippen LogP contribution >= 0.6 is 0 Å². The fourth-order valence-electron chi connectivity index (χ4n) is 0.835. The summed E-state index contributed by atoms with van der Waals surface area (Å²) in [6.45, 7) is 6.06. The first kappa shape index (κ1) is 8.27. The van der Waals surface area contributed by atoms with Crippen molar-refractivity contribution in [2.75, 3.05) is 20.1 Å². The smallest absolute Gasteiger partial charge is 0.0672 e. The molecular formula is C8H15N3. The lowest BCUT2D eigenvalue weighted by atomic mass is 10.2. The van der Waals surface area contributed by atoms with Crippen LogP contribution in [0.5, 0.6) is 0 Å². The maximum Gasteiger partial charge on any atom is 0.0672 e. The molecule has 1 aliphatic rings. The van der Waals surface area contributed by atoms with Gasteiger partial charge in [-0.15, -0.1) is 0 Å². The first-order chi connectivity index (χ1) is 5.24. The highest BCUT2D eigenvalue weighted by atomic mass is 15.5. The molecular weight excluding hydrogens is 138 g/mol. The third-order valence-electron chi connectivity index (χ3n) is 1.82. The molecule has 1 aliphatic heterocycles. The summed E-state index contributed by atoms with van der Waals surface area (Å²) in [5.41, 5.74) is 5.78. The van der Waals surface area contributed by atoms with Crippen LogP contribution < -0.4 is 5.43 Å². The van der Waals surface area contributed by atoms with Crippen molar-refractivity contribution in [2.24, 2.45) is 4.99 Å². The van der Waals surface area contributed by atoms with Gasteiger partial charge in [0.2, 0.25) is 0 Å². The highest BCUT2D eigenvalue weighted by molar-refractivity contribution is 5.85. The Morgan fingerprint density at radius 1 is 1.82 bits per heavy atom. The fraction of sp³-hybridized carbons (Fsp3) is 0.625. The summed E-state index contributed by atoms with van der Waals surface area (Å²) in [4.78, 5) is 4.01. The lowest BCUT2D eigenvalue weighted by Gasteiger charge is -2.20. The topological polar surface area (TPSA) is 27.6 Å². The average molecular weight is 153 g/mol. The Labute approximate surface area is 67.8 Å². The lowest BCUT2D eigenvalue weighted by Crippen LogP contribution is -2.34. The van der Waals surface area contributed by atoms with E-state index in [0.29, 0.717) is 0 Å². The second-order valence-electron chi connectivity index (χ2n) is 2.75. The Balaban J connectivity index is 2.42. The molecule has 1 heterocycles. The van der Waals surface area contributed by atoms with Crippen LogP contribution in [0.3, 0.4) is 0 Å². The third-order valence-corrected chi connectivity index (χ3v) is 1.82. The zero-order valence-corrected chi connectivity index (χ0v) is 7.39. The predicted octanol–water partition coefficient (Wildman–Crippen LogP) is 0.801. The van der Waals surface area contributed by atoms with Gasteiger partial charge in [-0.3, -0.25) is 4.99 Å². The molecule has 0 amide bonds. The second kappa shape index (κ2) is 3.53. The minimum absolute atomic E-state index is 0.871. The number of hydrogen-bond acceptors (Lipinski definition) is 3. The quantitative estimate of drug-likeness (QED) is 0.607. The maximum atomic E-state index is 4.01. The summed E-state index contributed by atoms with van der Waals surface area (Å²) < 4.78 is 0. The molecule has 0 radical (unpaired) electrons. The first-order valence-electron chi connectivity index (χ1n) is 3.91. The molecule has 3 heteroatoms. The van der Waals surface area contributed by atoms with E-state index in [1.807, 2.05) is 13.3 Å². The van der Waals surface area contributed by atoms with Crippen molar-refractivity contribution in [1.82, 2.24) is 10.4 Å². The molecule has 1 N–H and O–H groups in total. The molecule has 0 saturated carbocycles. The minimum atomic E-state index is 0.871. The van der Waals surface area contributed by atoms with E-state index in [9.17, 15) is 0 Å². The number of nitrogens with one attached hydrogen (secondary N) is 1. The van der Waals surface area contributed by atoms with Gasteiger partial charge in [-0.05, 0) is 6.92 Å². The molecule has 1 rings (SSSR count). The molecule has 62 valence electrons. The van der Waals surface area contributed by atoms with E-state index in [1.54, 1.807) is 0 Å². The first-order valence-corrected chi connectivity index (χ1v) is 3.91. The van der Waals surface area contributed by atoms with Crippen LogP contribution in [0.4, 0.5) is 0 Å². The second-order valence-corrected chi connectivity index (χ2v) is 2.75. The molecule has 0 spiro atoms. The SMILES string of the molecule is CCN(C)NC(C)=C1C=NC1. The third kappa shape index (κ3) is 2.05. The van der Waals surface area contributed by atoms with Crippen LogP contribution in [0.15, 0.2) is 16.3 Å². The molecule has 0 aromatic rings. The van der Waals surface area contributed by atoms with Gasteiger partial charge in [-0.25, -0.2) is 5.01 Å². The van der Waals surface area contributed by atoms with Crippen LogP contribution in [-0.4, -0.2) is 31.4 Å². The van der Waals surface area contributed by atoms with Crippen molar-refractivity contribution in [2.45, 2.75) is 13.8 Å². The molecule has 0 atom stereocenters. The van der Waals surface area contributed by atoms with Crippen molar-refractivity contribution in [1.29, 1.82) is 0 Å². The van der Waals surface area contributed by atoms with Crippen molar-refractivity contribution in [3.05, 3.63) is 11.3 Å².